The molecular weight excluding hydrogens is 234 g/mol. The Balaban J connectivity index is 1.98. The number of hydrogen-bond donors (Lipinski definition) is 2. The first-order chi connectivity index (χ1) is 8.49. The number of nitrogens with one attached hydrogen (secondary N) is 1. The molecule has 1 aliphatic rings. The van der Waals surface area contributed by atoms with Crippen LogP contribution in [-0.4, -0.2) is 23.5 Å². The first-order valence-corrected chi connectivity index (χ1v) is 5.69. The van der Waals surface area contributed by atoms with Crippen molar-refractivity contribution in [1.82, 2.24) is 4.98 Å². The Bertz CT molecular complexity index is 681. The summed E-state index contributed by atoms with van der Waals surface area (Å²) in [5.41, 5.74) is 6.90. The molecule has 0 spiro atoms. The molecule has 1 aromatic heterocycles. The monoisotopic (exact) mass is 247 g/mol. The van der Waals surface area contributed by atoms with Crippen molar-refractivity contribution >= 4 is 22.7 Å². The Morgan fingerprint density at radius 1 is 1.50 bits per heavy atom. The van der Waals surface area contributed by atoms with Crippen LogP contribution in [0.15, 0.2) is 27.4 Å². The summed E-state index contributed by atoms with van der Waals surface area (Å²) in [5, 5.41) is 0. The topological polar surface area (TPSA) is 92.3 Å². The highest BCUT2D eigenvalue weighted by molar-refractivity contribution is 6.02. The molecule has 0 radical (unpaired) electrons. The second kappa shape index (κ2) is 3.46. The number of oxazole rings is 1. The number of nitrogens with zero attached hydrogens (tertiary/aromatic N) is 1. The first-order valence-electron chi connectivity index (χ1n) is 5.69. The van der Waals surface area contributed by atoms with Crippen LogP contribution in [0.2, 0.25) is 0 Å². The number of aromatic nitrogens is 1. The third-order valence-corrected chi connectivity index (χ3v) is 3.31. The number of nitrogens with two attached hydrogens (primary N) is 1. The predicted molar refractivity (Wildman–Crippen MR) is 66.4 cm³/mol. The van der Waals surface area contributed by atoms with Crippen LogP contribution in [0.4, 0.5) is 5.69 Å². The number of likely N-dealkylation sites (N-methyl/N-ethyl adjacent to an activating group) is 1. The zero-order chi connectivity index (χ0) is 12.9. The maximum Gasteiger partial charge on any atom is 0.417 e. The molecular formula is C12H13N3O3. The van der Waals surface area contributed by atoms with Crippen LogP contribution >= 0.6 is 0 Å². The molecule has 1 aliphatic carbocycles. The van der Waals surface area contributed by atoms with Gasteiger partial charge in [-0.2, -0.15) is 0 Å². The Morgan fingerprint density at radius 3 is 2.89 bits per heavy atom. The zero-order valence-corrected chi connectivity index (χ0v) is 9.90. The zero-order valence-electron chi connectivity index (χ0n) is 9.90. The van der Waals surface area contributed by atoms with Crippen molar-refractivity contribution in [2.45, 2.75) is 18.4 Å². The Hall–Kier alpha value is -2.08. The van der Waals surface area contributed by atoms with Crippen molar-refractivity contribution in [2.24, 2.45) is 5.73 Å². The number of carbonyl (C=O) groups is 1. The number of fused-ring (bicyclic) bond motifs is 1. The van der Waals surface area contributed by atoms with Crippen LogP contribution in [0.3, 0.4) is 0 Å². The average Bonchev–Trinajstić information content (AvgIpc) is 2.98. The third-order valence-electron chi connectivity index (χ3n) is 3.31. The number of H-pyrrole nitrogens is 1. The van der Waals surface area contributed by atoms with Crippen molar-refractivity contribution < 1.29 is 9.21 Å². The van der Waals surface area contributed by atoms with Crippen LogP contribution in [0.1, 0.15) is 12.8 Å². The Labute approximate surface area is 102 Å². The number of rotatable bonds is 2. The highest BCUT2D eigenvalue weighted by Crippen LogP contribution is 2.35. The maximum absolute atomic E-state index is 12.1. The average molecular weight is 247 g/mol. The van der Waals surface area contributed by atoms with Crippen molar-refractivity contribution in [1.29, 1.82) is 0 Å². The SMILES string of the molecule is CN(C(=O)C1(N)CC1)c1ccc2oc(=O)[nH]c2c1. The van der Waals surface area contributed by atoms with Crippen molar-refractivity contribution in [2.75, 3.05) is 11.9 Å². The lowest BCUT2D eigenvalue weighted by molar-refractivity contribution is -0.120. The van der Waals surface area contributed by atoms with E-state index in [1.807, 2.05) is 0 Å². The Kier molecular flexibility index (Phi) is 2.12. The molecule has 0 saturated heterocycles. The molecule has 6 nitrogen and oxygen atoms in total. The van der Waals surface area contributed by atoms with Crippen LogP contribution in [-0.2, 0) is 4.79 Å². The van der Waals surface area contributed by atoms with Gasteiger partial charge in [0.25, 0.3) is 0 Å². The van der Waals surface area contributed by atoms with Gasteiger partial charge >= 0.3 is 5.76 Å². The smallest absolute Gasteiger partial charge is 0.408 e. The second-order valence-corrected chi connectivity index (χ2v) is 4.72. The molecule has 1 aromatic carbocycles. The first kappa shape index (κ1) is 11.0. The number of amides is 1. The van der Waals surface area contributed by atoms with E-state index < -0.39 is 11.3 Å². The van der Waals surface area contributed by atoms with E-state index in [2.05, 4.69) is 4.98 Å². The van der Waals surface area contributed by atoms with E-state index in [1.165, 1.54) is 4.90 Å². The lowest BCUT2D eigenvalue weighted by atomic mass is 10.2. The number of aromatic amines is 1. The van der Waals surface area contributed by atoms with E-state index in [-0.39, 0.29) is 5.91 Å². The molecule has 18 heavy (non-hydrogen) atoms. The minimum absolute atomic E-state index is 0.104. The van der Waals surface area contributed by atoms with Gasteiger partial charge in [0, 0.05) is 12.7 Å². The van der Waals surface area contributed by atoms with E-state index in [9.17, 15) is 9.59 Å². The standard InChI is InChI=1S/C12H13N3O3/c1-15(10(16)12(13)4-5-12)7-2-3-9-8(6-7)14-11(17)18-9/h2-3,6H,4-5,13H2,1H3,(H,14,17). The summed E-state index contributed by atoms with van der Waals surface area (Å²) in [6.07, 6.45) is 1.45. The summed E-state index contributed by atoms with van der Waals surface area (Å²) in [6, 6.07) is 5.08. The van der Waals surface area contributed by atoms with Gasteiger partial charge in [-0.1, -0.05) is 0 Å². The molecule has 1 fully saturated rings. The van der Waals surface area contributed by atoms with Crippen molar-refractivity contribution in [3.05, 3.63) is 28.7 Å². The molecule has 0 atom stereocenters. The largest absolute Gasteiger partial charge is 0.417 e. The molecule has 1 amide bonds. The van der Waals surface area contributed by atoms with Gasteiger partial charge in [-0.3, -0.25) is 9.78 Å². The summed E-state index contributed by atoms with van der Waals surface area (Å²) in [5.74, 6) is -0.610. The Morgan fingerprint density at radius 2 is 2.22 bits per heavy atom. The molecule has 2 aromatic rings. The highest BCUT2D eigenvalue weighted by Gasteiger charge is 2.47. The van der Waals surface area contributed by atoms with Gasteiger partial charge in [0.15, 0.2) is 5.58 Å². The van der Waals surface area contributed by atoms with E-state index in [0.29, 0.717) is 16.8 Å². The maximum atomic E-state index is 12.1. The lowest BCUT2D eigenvalue weighted by Gasteiger charge is -2.20. The van der Waals surface area contributed by atoms with E-state index in [1.54, 1.807) is 25.2 Å². The molecule has 94 valence electrons. The van der Waals surface area contributed by atoms with E-state index in [4.69, 9.17) is 10.2 Å². The molecule has 0 aliphatic heterocycles. The number of hydrogen-bond acceptors (Lipinski definition) is 4. The predicted octanol–water partition coefficient (Wildman–Crippen LogP) is 0.575. The van der Waals surface area contributed by atoms with E-state index in [0.717, 1.165) is 12.8 Å². The van der Waals surface area contributed by atoms with Gasteiger partial charge in [-0.15, -0.1) is 0 Å². The summed E-state index contributed by atoms with van der Waals surface area (Å²) in [7, 11) is 1.68. The molecule has 0 unspecified atom stereocenters. The number of anilines is 1. The minimum atomic E-state index is -0.701. The summed E-state index contributed by atoms with van der Waals surface area (Å²) in [4.78, 5) is 27.2. The van der Waals surface area contributed by atoms with Crippen LogP contribution in [0, 0.1) is 0 Å². The van der Waals surface area contributed by atoms with Crippen LogP contribution in [0.25, 0.3) is 11.1 Å². The quantitative estimate of drug-likeness (QED) is 0.811. The minimum Gasteiger partial charge on any atom is -0.408 e. The summed E-state index contributed by atoms with van der Waals surface area (Å²) >= 11 is 0. The van der Waals surface area contributed by atoms with Gasteiger partial charge in [0.05, 0.1) is 11.1 Å². The molecule has 3 rings (SSSR count). The van der Waals surface area contributed by atoms with Gasteiger partial charge in [-0.25, -0.2) is 4.79 Å². The molecule has 1 saturated carbocycles. The van der Waals surface area contributed by atoms with Gasteiger partial charge < -0.3 is 15.1 Å². The highest BCUT2D eigenvalue weighted by atomic mass is 16.4. The number of benzene rings is 1. The molecule has 6 heteroatoms. The fourth-order valence-electron chi connectivity index (χ4n) is 1.95. The van der Waals surface area contributed by atoms with Gasteiger partial charge in [0.2, 0.25) is 5.91 Å². The second-order valence-electron chi connectivity index (χ2n) is 4.72. The van der Waals surface area contributed by atoms with Crippen LogP contribution < -0.4 is 16.4 Å². The third kappa shape index (κ3) is 1.62. The normalized spacial score (nSPS) is 16.8. The van der Waals surface area contributed by atoms with Gasteiger partial charge in [0.1, 0.15) is 0 Å². The lowest BCUT2D eigenvalue weighted by Crippen LogP contribution is -2.43. The molecule has 3 N–H and O–H groups in total. The molecule has 0 bridgehead atoms. The van der Waals surface area contributed by atoms with Crippen molar-refractivity contribution in [3.63, 3.8) is 0 Å². The molecule has 1 heterocycles. The van der Waals surface area contributed by atoms with Crippen LogP contribution in [0.5, 0.6) is 0 Å². The summed E-state index contributed by atoms with van der Waals surface area (Å²) in [6.45, 7) is 0. The fraction of sp³-hybridized carbons (Fsp3) is 0.333. The van der Waals surface area contributed by atoms with Crippen molar-refractivity contribution in [3.8, 4) is 0 Å². The fourth-order valence-corrected chi connectivity index (χ4v) is 1.95. The summed E-state index contributed by atoms with van der Waals surface area (Å²) < 4.78 is 4.90. The number of carbonyl (C=O) groups excluding carboxylic acids is 1. The van der Waals surface area contributed by atoms with E-state index >= 15 is 0 Å². The van der Waals surface area contributed by atoms with Gasteiger partial charge in [-0.05, 0) is 31.0 Å².